The molecule has 1 amide bonds. The molecule has 0 saturated carbocycles. The predicted octanol–water partition coefficient (Wildman–Crippen LogP) is 2.26. The number of amides is 1. The maximum absolute atomic E-state index is 13.5. The highest BCUT2D eigenvalue weighted by Crippen LogP contribution is 2.22. The van der Waals surface area contributed by atoms with Gasteiger partial charge in [0.05, 0.1) is 16.7 Å². The largest absolute Gasteiger partial charge is 0.386 e. The zero-order valence-corrected chi connectivity index (χ0v) is 11.9. The molecule has 1 atom stereocenters. The smallest absolute Gasteiger partial charge is 0.250 e. The third-order valence-electron chi connectivity index (χ3n) is 2.91. The number of carbonyl (C=O) groups is 1. The lowest BCUT2D eigenvalue weighted by molar-refractivity contribution is 0.1000. The molecule has 0 fully saturated rings. The van der Waals surface area contributed by atoms with Gasteiger partial charge in [0.15, 0.2) is 0 Å². The number of primary amides is 1. The van der Waals surface area contributed by atoms with Crippen LogP contribution in [0.2, 0.25) is 5.02 Å². The van der Waals surface area contributed by atoms with E-state index in [1.54, 1.807) is 0 Å². The molecule has 1 heterocycles. The number of aliphatic hydroxyl groups excluding tert-OH is 1. The molecule has 1 aromatic heterocycles. The van der Waals surface area contributed by atoms with E-state index in [1.165, 1.54) is 12.3 Å². The molecule has 8 heteroatoms. The lowest BCUT2D eigenvalue weighted by atomic mass is 10.1. The van der Waals surface area contributed by atoms with Gasteiger partial charge in [0.1, 0.15) is 17.5 Å². The second kappa shape index (κ2) is 6.67. The number of halogens is 3. The van der Waals surface area contributed by atoms with Crippen LogP contribution < -0.4 is 11.1 Å². The molecule has 0 bridgehead atoms. The van der Waals surface area contributed by atoms with Gasteiger partial charge in [0.25, 0.3) is 0 Å². The average molecular weight is 328 g/mol. The van der Waals surface area contributed by atoms with Crippen LogP contribution in [0.4, 0.5) is 14.6 Å². The molecule has 2 aromatic rings. The Labute approximate surface area is 129 Å². The minimum absolute atomic E-state index is 0.0567. The lowest BCUT2D eigenvalue weighted by Crippen LogP contribution is -2.16. The Morgan fingerprint density at radius 2 is 2.14 bits per heavy atom. The molecular weight excluding hydrogens is 316 g/mol. The van der Waals surface area contributed by atoms with Crippen LogP contribution in [0.3, 0.4) is 0 Å². The summed E-state index contributed by atoms with van der Waals surface area (Å²) >= 11 is 5.92. The molecule has 4 N–H and O–H groups in total. The zero-order valence-electron chi connectivity index (χ0n) is 11.2. The zero-order chi connectivity index (χ0) is 16.3. The Balaban J connectivity index is 2.08. The minimum atomic E-state index is -1.23. The highest BCUT2D eigenvalue weighted by molar-refractivity contribution is 6.33. The van der Waals surface area contributed by atoms with Crippen molar-refractivity contribution in [2.24, 2.45) is 5.73 Å². The third kappa shape index (κ3) is 3.69. The summed E-state index contributed by atoms with van der Waals surface area (Å²) in [4.78, 5) is 14.9. The number of nitrogens with zero attached hydrogens (tertiary/aromatic N) is 1. The molecule has 2 rings (SSSR count). The molecule has 0 aliphatic heterocycles. The van der Waals surface area contributed by atoms with E-state index in [9.17, 15) is 18.7 Å². The molecule has 1 aromatic carbocycles. The number of nitrogens with one attached hydrogen (secondary N) is 1. The molecule has 0 saturated heterocycles. The van der Waals surface area contributed by atoms with Crippen LogP contribution in [0.1, 0.15) is 22.0 Å². The first kappa shape index (κ1) is 16.1. The van der Waals surface area contributed by atoms with E-state index in [4.69, 9.17) is 17.3 Å². The molecule has 0 radical (unpaired) electrons. The Bertz CT molecular complexity index is 712. The molecule has 0 spiro atoms. The lowest BCUT2D eigenvalue weighted by Gasteiger charge is -2.14. The SMILES string of the molecule is NC(=O)c1cnc(NC[C@@H](O)c2ccc(F)cc2F)c(Cl)c1. The van der Waals surface area contributed by atoms with Gasteiger partial charge < -0.3 is 16.2 Å². The van der Waals surface area contributed by atoms with Gasteiger partial charge in [-0.05, 0) is 12.1 Å². The normalized spacial score (nSPS) is 12.0. The number of benzene rings is 1. The van der Waals surface area contributed by atoms with Crippen LogP contribution in [0, 0.1) is 11.6 Å². The molecule has 116 valence electrons. The monoisotopic (exact) mass is 327 g/mol. The highest BCUT2D eigenvalue weighted by Gasteiger charge is 2.15. The minimum Gasteiger partial charge on any atom is -0.386 e. The molecule has 0 aliphatic rings. The number of pyridine rings is 1. The quantitative estimate of drug-likeness (QED) is 0.786. The van der Waals surface area contributed by atoms with E-state index in [2.05, 4.69) is 10.3 Å². The fourth-order valence-corrected chi connectivity index (χ4v) is 2.01. The number of anilines is 1. The summed E-state index contributed by atoms with van der Waals surface area (Å²) < 4.78 is 26.3. The first-order valence-corrected chi connectivity index (χ1v) is 6.58. The summed E-state index contributed by atoms with van der Waals surface area (Å²) in [5, 5.41) is 12.8. The molecule has 0 unspecified atom stereocenters. The summed E-state index contributed by atoms with van der Waals surface area (Å²) in [5.41, 5.74) is 5.17. The Hall–Kier alpha value is -2.25. The van der Waals surface area contributed by atoms with E-state index in [0.717, 1.165) is 12.1 Å². The van der Waals surface area contributed by atoms with Gasteiger partial charge >= 0.3 is 0 Å². The van der Waals surface area contributed by atoms with E-state index in [1.807, 2.05) is 0 Å². The van der Waals surface area contributed by atoms with Gasteiger partial charge in [-0.1, -0.05) is 17.7 Å². The summed E-state index contributed by atoms with van der Waals surface area (Å²) in [7, 11) is 0. The number of nitrogens with two attached hydrogens (primary N) is 1. The number of aromatic nitrogens is 1. The number of rotatable bonds is 5. The number of hydrogen-bond donors (Lipinski definition) is 3. The average Bonchev–Trinajstić information content (AvgIpc) is 2.45. The summed E-state index contributed by atoms with van der Waals surface area (Å²) in [5.74, 6) is -2.05. The number of carbonyl (C=O) groups excluding carboxylic acids is 1. The van der Waals surface area contributed by atoms with Gasteiger partial charge in [-0.2, -0.15) is 0 Å². The standard InChI is InChI=1S/C14H12ClF2N3O2/c15-10-3-7(13(18)22)5-19-14(10)20-6-12(21)9-2-1-8(16)4-11(9)17/h1-5,12,21H,6H2,(H2,18,22)(H,19,20)/t12-/m1/s1. The van der Waals surface area contributed by atoms with Crippen molar-refractivity contribution in [3.05, 3.63) is 58.2 Å². The molecule has 0 aliphatic carbocycles. The first-order valence-electron chi connectivity index (χ1n) is 6.20. The number of aliphatic hydroxyl groups is 1. The summed E-state index contributed by atoms with van der Waals surface area (Å²) in [6.07, 6.45) is -0.00390. The van der Waals surface area contributed by atoms with Gasteiger partial charge in [-0.15, -0.1) is 0 Å². The van der Waals surface area contributed by atoms with Gasteiger partial charge in [0, 0.05) is 24.4 Å². The van der Waals surface area contributed by atoms with Crippen molar-refractivity contribution in [3.63, 3.8) is 0 Å². The third-order valence-corrected chi connectivity index (χ3v) is 3.20. The maximum Gasteiger partial charge on any atom is 0.250 e. The summed E-state index contributed by atoms with van der Waals surface area (Å²) in [6.45, 7) is -0.106. The maximum atomic E-state index is 13.5. The van der Waals surface area contributed by atoms with Crippen molar-refractivity contribution in [1.29, 1.82) is 0 Å². The van der Waals surface area contributed by atoms with Crippen LogP contribution >= 0.6 is 11.6 Å². The van der Waals surface area contributed by atoms with Crippen LogP contribution in [0.15, 0.2) is 30.5 Å². The van der Waals surface area contributed by atoms with Crippen molar-refractivity contribution in [2.45, 2.75) is 6.10 Å². The number of hydrogen-bond acceptors (Lipinski definition) is 4. The molecular formula is C14H12ClF2N3O2. The van der Waals surface area contributed by atoms with E-state index < -0.39 is 23.6 Å². The molecule has 22 heavy (non-hydrogen) atoms. The Morgan fingerprint density at radius 1 is 1.41 bits per heavy atom. The van der Waals surface area contributed by atoms with Crippen molar-refractivity contribution < 1.29 is 18.7 Å². The van der Waals surface area contributed by atoms with E-state index in [-0.39, 0.29) is 28.5 Å². The second-order valence-electron chi connectivity index (χ2n) is 4.48. The van der Waals surface area contributed by atoms with E-state index >= 15 is 0 Å². The van der Waals surface area contributed by atoms with Crippen molar-refractivity contribution in [1.82, 2.24) is 4.98 Å². The fraction of sp³-hybridized carbons (Fsp3) is 0.143. The van der Waals surface area contributed by atoms with Crippen molar-refractivity contribution in [2.75, 3.05) is 11.9 Å². The Morgan fingerprint density at radius 3 is 2.73 bits per heavy atom. The van der Waals surface area contributed by atoms with Gasteiger partial charge in [-0.25, -0.2) is 13.8 Å². The molecule has 5 nitrogen and oxygen atoms in total. The predicted molar refractivity (Wildman–Crippen MR) is 77.6 cm³/mol. The van der Waals surface area contributed by atoms with Crippen molar-refractivity contribution in [3.8, 4) is 0 Å². The van der Waals surface area contributed by atoms with Crippen LogP contribution in [0.25, 0.3) is 0 Å². The Kier molecular flexibility index (Phi) is 4.89. The topological polar surface area (TPSA) is 88.2 Å². The fourth-order valence-electron chi connectivity index (χ4n) is 1.78. The van der Waals surface area contributed by atoms with Gasteiger partial charge in [-0.3, -0.25) is 4.79 Å². The van der Waals surface area contributed by atoms with Crippen LogP contribution in [-0.2, 0) is 0 Å². The highest BCUT2D eigenvalue weighted by atomic mass is 35.5. The van der Waals surface area contributed by atoms with Crippen LogP contribution in [0.5, 0.6) is 0 Å². The first-order chi connectivity index (χ1) is 10.4. The van der Waals surface area contributed by atoms with Crippen LogP contribution in [-0.4, -0.2) is 22.5 Å². The second-order valence-corrected chi connectivity index (χ2v) is 4.89. The van der Waals surface area contributed by atoms with Gasteiger partial charge in [0.2, 0.25) is 5.91 Å². The van der Waals surface area contributed by atoms with Crippen molar-refractivity contribution >= 4 is 23.3 Å². The summed E-state index contributed by atoms with van der Waals surface area (Å²) in [6, 6.07) is 4.21. The van der Waals surface area contributed by atoms with E-state index in [0.29, 0.717) is 6.07 Å².